The standard InChI is InChI=1S/C13H24N2O4/c1-4-14(7-10(3)12(17)18)13(19)15-6-5-9(2)11(16)8-15/h9-11,16H,4-8H2,1-3H3,(H,17,18). The molecule has 3 atom stereocenters. The lowest BCUT2D eigenvalue weighted by Crippen LogP contribution is -2.52. The van der Waals surface area contributed by atoms with Crippen LogP contribution in [0.25, 0.3) is 0 Å². The molecule has 0 spiro atoms. The minimum absolute atomic E-state index is 0.179. The second kappa shape index (κ2) is 6.75. The molecule has 3 unspecified atom stereocenters. The zero-order chi connectivity index (χ0) is 14.6. The van der Waals surface area contributed by atoms with Gasteiger partial charge in [-0.15, -0.1) is 0 Å². The fourth-order valence-corrected chi connectivity index (χ4v) is 2.17. The van der Waals surface area contributed by atoms with E-state index in [2.05, 4.69) is 0 Å². The van der Waals surface area contributed by atoms with Crippen LogP contribution < -0.4 is 0 Å². The summed E-state index contributed by atoms with van der Waals surface area (Å²) in [5, 5.41) is 18.7. The monoisotopic (exact) mass is 272 g/mol. The van der Waals surface area contributed by atoms with E-state index in [0.29, 0.717) is 19.6 Å². The topological polar surface area (TPSA) is 81.1 Å². The highest BCUT2D eigenvalue weighted by atomic mass is 16.4. The summed E-state index contributed by atoms with van der Waals surface area (Å²) < 4.78 is 0. The third kappa shape index (κ3) is 4.09. The summed E-state index contributed by atoms with van der Waals surface area (Å²) in [5.41, 5.74) is 0. The summed E-state index contributed by atoms with van der Waals surface area (Å²) in [6, 6.07) is -0.179. The Morgan fingerprint density at radius 1 is 1.47 bits per heavy atom. The second-order valence-electron chi connectivity index (χ2n) is 5.34. The minimum atomic E-state index is -0.904. The van der Waals surface area contributed by atoms with Gasteiger partial charge in [-0.1, -0.05) is 13.8 Å². The molecule has 1 rings (SSSR count). The first kappa shape index (κ1) is 15.8. The molecule has 0 saturated carbocycles. The molecule has 6 nitrogen and oxygen atoms in total. The van der Waals surface area contributed by atoms with Gasteiger partial charge in [0.15, 0.2) is 0 Å². The smallest absolute Gasteiger partial charge is 0.320 e. The molecule has 1 heterocycles. The molecule has 1 saturated heterocycles. The molecule has 0 aromatic rings. The molecule has 0 aliphatic carbocycles. The van der Waals surface area contributed by atoms with E-state index < -0.39 is 18.0 Å². The summed E-state index contributed by atoms with van der Waals surface area (Å²) in [6.07, 6.45) is 0.284. The van der Waals surface area contributed by atoms with Crippen LogP contribution in [0.3, 0.4) is 0 Å². The Hall–Kier alpha value is -1.30. The van der Waals surface area contributed by atoms with E-state index in [9.17, 15) is 14.7 Å². The normalized spacial score (nSPS) is 24.9. The Morgan fingerprint density at radius 3 is 2.58 bits per heavy atom. The Balaban J connectivity index is 2.61. The quantitative estimate of drug-likeness (QED) is 0.795. The Morgan fingerprint density at radius 2 is 2.11 bits per heavy atom. The van der Waals surface area contributed by atoms with Gasteiger partial charge in [0.2, 0.25) is 0 Å². The van der Waals surface area contributed by atoms with E-state index in [1.807, 2.05) is 13.8 Å². The van der Waals surface area contributed by atoms with Crippen LogP contribution >= 0.6 is 0 Å². The number of piperidine rings is 1. The van der Waals surface area contributed by atoms with Crippen molar-refractivity contribution in [1.29, 1.82) is 0 Å². The zero-order valence-corrected chi connectivity index (χ0v) is 11.9. The Labute approximate surface area is 114 Å². The third-order valence-corrected chi connectivity index (χ3v) is 3.76. The van der Waals surface area contributed by atoms with Crippen molar-refractivity contribution in [3.8, 4) is 0 Å². The lowest BCUT2D eigenvalue weighted by Gasteiger charge is -2.37. The van der Waals surface area contributed by atoms with Crippen molar-refractivity contribution in [2.75, 3.05) is 26.2 Å². The number of rotatable bonds is 4. The molecule has 0 aromatic heterocycles. The van der Waals surface area contributed by atoms with Crippen molar-refractivity contribution in [1.82, 2.24) is 9.80 Å². The van der Waals surface area contributed by atoms with Crippen LogP contribution in [-0.2, 0) is 4.79 Å². The van der Waals surface area contributed by atoms with Crippen LogP contribution in [0.1, 0.15) is 27.2 Å². The SMILES string of the molecule is CCN(CC(C)C(=O)O)C(=O)N1CCC(C)C(O)C1. The maximum Gasteiger partial charge on any atom is 0.320 e. The number of hydrogen-bond donors (Lipinski definition) is 2. The second-order valence-corrected chi connectivity index (χ2v) is 5.34. The highest BCUT2D eigenvalue weighted by Crippen LogP contribution is 2.18. The first-order valence-corrected chi connectivity index (χ1v) is 6.81. The van der Waals surface area contributed by atoms with E-state index in [0.717, 1.165) is 6.42 Å². The van der Waals surface area contributed by atoms with Gasteiger partial charge in [-0.05, 0) is 19.3 Å². The van der Waals surface area contributed by atoms with E-state index in [4.69, 9.17) is 5.11 Å². The fourth-order valence-electron chi connectivity index (χ4n) is 2.17. The van der Waals surface area contributed by atoms with Gasteiger partial charge in [0.25, 0.3) is 0 Å². The molecule has 110 valence electrons. The van der Waals surface area contributed by atoms with Crippen LogP contribution in [0.5, 0.6) is 0 Å². The predicted octanol–water partition coefficient (Wildman–Crippen LogP) is 0.852. The van der Waals surface area contributed by atoms with Crippen molar-refractivity contribution in [2.24, 2.45) is 11.8 Å². The van der Waals surface area contributed by atoms with E-state index in [1.54, 1.807) is 11.8 Å². The molecule has 1 fully saturated rings. The Bertz CT molecular complexity index is 335. The summed E-state index contributed by atoms with van der Waals surface area (Å²) in [7, 11) is 0. The fraction of sp³-hybridized carbons (Fsp3) is 0.846. The number of carbonyl (C=O) groups is 2. The van der Waals surface area contributed by atoms with Gasteiger partial charge in [-0.2, -0.15) is 0 Å². The molecule has 0 radical (unpaired) electrons. The van der Waals surface area contributed by atoms with Crippen molar-refractivity contribution in [3.05, 3.63) is 0 Å². The van der Waals surface area contributed by atoms with Crippen LogP contribution in [-0.4, -0.2) is 64.3 Å². The van der Waals surface area contributed by atoms with Gasteiger partial charge in [0.05, 0.1) is 12.0 Å². The first-order valence-electron chi connectivity index (χ1n) is 6.81. The molecule has 2 N–H and O–H groups in total. The largest absolute Gasteiger partial charge is 0.481 e. The molecule has 1 aliphatic heterocycles. The summed E-state index contributed by atoms with van der Waals surface area (Å²) in [4.78, 5) is 26.3. The summed E-state index contributed by atoms with van der Waals surface area (Å²) >= 11 is 0. The molecule has 0 bridgehead atoms. The highest BCUT2D eigenvalue weighted by molar-refractivity contribution is 5.76. The number of carboxylic acid groups (broad SMARTS) is 1. The van der Waals surface area contributed by atoms with Crippen LogP contribution in [0.4, 0.5) is 4.79 Å². The van der Waals surface area contributed by atoms with Gasteiger partial charge < -0.3 is 20.0 Å². The molecular formula is C13H24N2O4. The third-order valence-electron chi connectivity index (χ3n) is 3.76. The van der Waals surface area contributed by atoms with Crippen molar-refractivity contribution >= 4 is 12.0 Å². The van der Waals surface area contributed by atoms with E-state index in [-0.39, 0.29) is 18.5 Å². The summed E-state index contributed by atoms with van der Waals surface area (Å²) in [6.45, 7) is 7.01. The van der Waals surface area contributed by atoms with Gasteiger partial charge >= 0.3 is 12.0 Å². The number of aliphatic hydroxyl groups excluding tert-OH is 1. The number of carboxylic acids is 1. The number of nitrogens with zero attached hydrogens (tertiary/aromatic N) is 2. The number of aliphatic hydroxyl groups is 1. The molecule has 19 heavy (non-hydrogen) atoms. The van der Waals surface area contributed by atoms with Gasteiger partial charge in [-0.25, -0.2) is 4.79 Å². The highest BCUT2D eigenvalue weighted by Gasteiger charge is 2.30. The van der Waals surface area contributed by atoms with Gasteiger partial charge in [0.1, 0.15) is 0 Å². The van der Waals surface area contributed by atoms with E-state index in [1.165, 1.54) is 4.90 Å². The van der Waals surface area contributed by atoms with Crippen molar-refractivity contribution in [3.63, 3.8) is 0 Å². The lowest BCUT2D eigenvalue weighted by molar-refractivity contribution is -0.141. The number of likely N-dealkylation sites (tertiary alicyclic amines) is 1. The van der Waals surface area contributed by atoms with Crippen molar-refractivity contribution < 1.29 is 19.8 Å². The first-order chi connectivity index (χ1) is 8.86. The molecular weight excluding hydrogens is 248 g/mol. The van der Waals surface area contributed by atoms with E-state index >= 15 is 0 Å². The number of hydrogen-bond acceptors (Lipinski definition) is 3. The van der Waals surface area contributed by atoms with Crippen LogP contribution in [0.2, 0.25) is 0 Å². The van der Waals surface area contributed by atoms with Gasteiger partial charge in [-0.3, -0.25) is 4.79 Å². The molecule has 6 heteroatoms. The van der Waals surface area contributed by atoms with Crippen molar-refractivity contribution in [2.45, 2.75) is 33.3 Å². The number of urea groups is 1. The summed E-state index contributed by atoms with van der Waals surface area (Å²) in [5.74, 6) is -1.28. The van der Waals surface area contributed by atoms with Crippen LogP contribution in [0, 0.1) is 11.8 Å². The predicted molar refractivity (Wildman–Crippen MR) is 70.8 cm³/mol. The Kier molecular flexibility index (Phi) is 5.60. The minimum Gasteiger partial charge on any atom is -0.481 e. The lowest BCUT2D eigenvalue weighted by atomic mass is 9.96. The van der Waals surface area contributed by atoms with Crippen LogP contribution in [0.15, 0.2) is 0 Å². The average Bonchev–Trinajstić information content (AvgIpc) is 2.37. The molecule has 1 aliphatic rings. The molecule has 2 amide bonds. The number of carbonyl (C=O) groups excluding carboxylic acids is 1. The maximum atomic E-state index is 12.3. The average molecular weight is 272 g/mol. The number of aliphatic carboxylic acids is 1. The maximum absolute atomic E-state index is 12.3. The number of amides is 2. The zero-order valence-electron chi connectivity index (χ0n) is 11.9. The molecule has 0 aromatic carbocycles. The number of β-amino-alcohol motifs (C(OH)–C–C–N with tert-alkyl or cyclic N) is 1. The van der Waals surface area contributed by atoms with Gasteiger partial charge in [0, 0.05) is 26.2 Å².